The highest BCUT2D eigenvalue weighted by Crippen LogP contribution is 2.15. The van der Waals surface area contributed by atoms with Crippen molar-refractivity contribution in [2.75, 3.05) is 24.4 Å². The topological polar surface area (TPSA) is 101 Å². The highest BCUT2D eigenvalue weighted by Gasteiger charge is 2.07. The van der Waals surface area contributed by atoms with E-state index >= 15 is 0 Å². The Bertz CT molecular complexity index is 567. The molecule has 0 aliphatic carbocycles. The number of nitrogens with one attached hydrogen (secondary N) is 3. The summed E-state index contributed by atoms with van der Waals surface area (Å²) in [5.74, 6) is 0.923. The normalized spacial score (nSPS) is 9.90. The Kier molecular flexibility index (Phi) is 4.38. The van der Waals surface area contributed by atoms with Crippen molar-refractivity contribution in [3.63, 3.8) is 0 Å². The molecule has 0 aliphatic heterocycles. The standard InChI is InChI=1S/C12H15N5O3/c1-3-20-12-15-10(16-17-12)14-11(18)13-8-4-6-9(19-2)7-5-8/h4-7H,3H2,1-2H3,(H3,13,14,15,16,17,18). The summed E-state index contributed by atoms with van der Waals surface area (Å²) in [6.45, 7) is 2.27. The van der Waals surface area contributed by atoms with Crippen molar-refractivity contribution < 1.29 is 14.3 Å². The van der Waals surface area contributed by atoms with Gasteiger partial charge in [-0.2, -0.15) is 4.98 Å². The number of rotatable bonds is 5. The van der Waals surface area contributed by atoms with Crippen LogP contribution in [0.5, 0.6) is 11.8 Å². The van der Waals surface area contributed by atoms with E-state index in [-0.39, 0.29) is 12.0 Å². The van der Waals surface area contributed by atoms with Crippen LogP contribution in [0.3, 0.4) is 0 Å². The molecule has 1 aromatic carbocycles. The molecule has 0 saturated carbocycles. The lowest BCUT2D eigenvalue weighted by atomic mass is 10.3. The highest BCUT2D eigenvalue weighted by atomic mass is 16.5. The van der Waals surface area contributed by atoms with Crippen LogP contribution in [-0.4, -0.2) is 34.9 Å². The number of benzene rings is 1. The van der Waals surface area contributed by atoms with Gasteiger partial charge in [-0.25, -0.2) is 9.89 Å². The molecule has 0 bridgehead atoms. The fourth-order valence-electron chi connectivity index (χ4n) is 1.44. The van der Waals surface area contributed by atoms with Gasteiger partial charge in [-0.15, -0.1) is 5.10 Å². The number of aromatic amines is 1. The number of hydrogen-bond donors (Lipinski definition) is 3. The second-order valence-corrected chi connectivity index (χ2v) is 3.71. The van der Waals surface area contributed by atoms with Gasteiger partial charge in [-0.1, -0.05) is 0 Å². The number of urea groups is 1. The third-order valence-electron chi connectivity index (χ3n) is 2.32. The van der Waals surface area contributed by atoms with Crippen molar-refractivity contribution in [1.82, 2.24) is 15.2 Å². The van der Waals surface area contributed by atoms with Crippen molar-refractivity contribution in [2.45, 2.75) is 6.92 Å². The SMILES string of the molecule is CCOc1n[nH]c(NC(=O)Nc2ccc(OC)cc2)n1. The lowest BCUT2D eigenvalue weighted by Gasteiger charge is -2.06. The largest absolute Gasteiger partial charge is 0.497 e. The molecule has 3 N–H and O–H groups in total. The van der Waals surface area contributed by atoms with Gasteiger partial charge >= 0.3 is 12.0 Å². The Hall–Kier alpha value is -2.77. The Morgan fingerprint density at radius 2 is 2.05 bits per heavy atom. The molecule has 0 spiro atoms. The quantitative estimate of drug-likeness (QED) is 0.774. The molecule has 0 atom stereocenters. The first-order valence-electron chi connectivity index (χ1n) is 5.98. The van der Waals surface area contributed by atoms with Gasteiger partial charge in [0.25, 0.3) is 0 Å². The summed E-state index contributed by atoms with van der Waals surface area (Å²) in [5, 5.41) is 11.5. The minimum absolute atomic E-state index is 0.187. The maximum atomic E-state index is 11.7. The third-order valence-corrected chi connectivity index (χ3v) is 2.32. The van der Waals surface area contributed by atoms with Crippen molar-refractivity contribution in [3.05, 3.63) is 24.3 Å². The van der Waals surface area contributed by atoms with Crippen LogP contribution in [0.2, 0.25) is 0 Å². The number of aromatic nitrogens is 3. The van der Waals surface area contributed by atoms with Crippen molar-refractivity contribution in [1.29, 1.82) is 0 Å². The van der Waals surface area contributed by atoms with Crippen LogP contribution >= 0.6 is 0 Å². The summed E-state index contributed by atoms with van der Waals surface area (Å²) in [6.07, 6.45) is 0. The van der Waals surface area contributed by atoms with E-state index in [9.17, 15) is 4.79 Å². The van der Waals surface area contributed by atoms with Crippen LogP contribution in [0.15, 0.2) is 24.3 Å². The molecule has 106 valence electrons. The second kappa shape index (κ2) is 6.41. The van der Waals surface area contributed by atoms with Crippen LogP contribution in [0.4, 0.5) is 16.4 Å². The molecule has 20 heavy (non-hydrogen) atoms. The summed E-state index contributed by atoms with van der Waals surface area (Å²) in [7, 11) is 1.58. The molecule has 0 fully saturated rings. The molecule has 8 nitrogen and oxygen atoms in total. The average molecular weight is 277 g/mol. The molecule has 0 unspecified atom stereocenters. The van der Waals surface area contributed by atoms with Crippen molar-refractivity contribution in [2.24, 2.45) is 0 Å². The number of carbonyl (C=O) groups is 1. The average Bonchev–Trinajstić information content (AvgIpc) is 2.87. The number of amides is 2. The van der Waals surface area contributed by atoms with Crippen LogP contribution in [0.1, 0.15) is 6.92 Å². The van der Waals surface area contributed by atoms with Gasteiger partial charge in [0.05, 0.1) is 13.7 Å². The monoisotopic (exact) mass is 277 g/mol. The zero-order valence-electron chi connectivity index (χ0n) is 11.1. The number of carbonyl (C=O) groups excluding carboxylic acids is 1. The van der Waals surface area contributed by atoms with Gasteiger partial charge in [0.1, 0.15) is 5.75 Å². The molecule has 2 rings (SSSR count). The van der Waals surface area contributed by atoms with Crippen molar-refractivity contribution >= 4 is 17.7 Å². The van der Waals surface area contributed by atoms with E-state index in [1.54, 1.807) is 31.4 Å². The molecule has 0 saturated heterocycles. The number of methoxy groups -OCH3 is 1. The highest BCUT2D eigenvalue weighted by molar-refractivity contribution is 5.98. The van der Waals surface area contributed by atoms with Gasteiger partial charge in [0, 0.05) is 5.69 Å². The Morgan fingerprint density at radius 1 is 1.30 bits per heavy atom. The molecular formula is C12H15N5O3. The maximum absolute atomic E-state index is 11.7. The van der Waals surface area contributed by atoms with E-state index in [1.807, 2.05) is 6.92 Å². The Morgan fingerprint density at radius 3 is 2.70 bits per heavy atom. The van der Waals surface area contributed by atoms with Gasteiger partial charge in [0.2, 0.25) is 5.95 Å². The summed E-state index contributed by atoms with van der Waals surface area (Å²) >= 11 is 0. The molecule has 1 heterocycles. The van der Waals surface area contributed by atoms with E-state index < -0.39 is 6.03 Å². The number of H-pyrrole nitrogens is 1. The first kappa shape index (κ1) is 13.7. The van der Waals surface area contributed by atoms with E-state index in [0.717, 1.165) is 0 Å². The van der Waals surface area contributed by atoms with Gasteiger partial charge in [0.15, 0.2) is 0 Å². The Labute approximate surface area is 115 Å². The lowest BCUT2D eigenvalue weighted by Crippen LogP contribution is -2.20. The summed E-state index contributed by atoms with van der Waals surface area (Å²) in [6, 6.07) is 6.70. The smallest absolute Gasteiger partial charge is 0.337 e. The predicted molar refractivity (Wildman–Crippen MR) is 73.2 cm³/mol. The van der Waals surface area contributed by atoms with E-state index in [0.29, 0.717) is 18.0 Å². The number of hydrogen-bond acceptors (Lipinski definition) is 5. The summed E-state index contributed by atoms with van der Waals surface area (Å²) < 4.78 is 10.1. The first-order valence-corrected chi connectivity index (χ1v) is 5.98. The molecule has 0 radical (unpaired) electrons. The van der Waals surface area contributed by atoms with Crippen LogP contribution < -0.4 is 20.1 Å². The van der Waals surface area contributed by atoms with Crippen LogP contribution in [-0.2, 0) is 0 Å². The van der Waals surface area contributed by atoms with Gasteiger partial charge in [-0.05, 0) is 31.2 Å². The molecule has 1 aromatic heterocycles. The minimum Gasteiger partial charge on any atom is -0.497 e. The molecule has 2 amide bonds. The minimum atomic E-state index is -0.436. The predicted octanol–water partition coefficient (Wildman–Crippen LogP) is 1.86. The molecular weight excluding hydrogens is 262 g/mol. The zero-order valence-corrected chi connectivity index (χ0v) is 11.1. The maximum Gasteiger partial charge on any atom is 0.337 e. The zero-order chi connectivity index (χ0) is 14.4. The first-order chi connectivity index (χ1) is 9.71. The number of nitrogens with zero attached hydrogens (tertiary/aromatic N) is 2. The lowest BCUT2D eigenvalue weighted by molar-refractivity contribution is 0.262. The fourth-order valence-corrected chi connectivity index (χ4v) is 1.44. The van der Waals surface area contributed by atoms with Crippen LogP contribution in [0.25, 0.3) is 0 Å². The number of ether oxygens (including phenoxy) is 2. The summed E-state index contributed by atoms with van der Waals surface area (Å²) in [5.41, 5.74) is 0.632. The Balaban J connectivity index is 1.90. The van der Waals surface area contributed by atoms with Crippen molar-refractivity contribution in [3.8, 4) is 11.8 Å². The molecule has 2 aromatic rings. The van der Waals surface area contributed by atoms with E-state index in [1.165, 1.54) is 0 Å². The van der Waals surface area contributed by atoms with E-state index in [4.69, 9.17) is 9.47 Å². The molecule has 0 aliphatic rings. The van der Waals surface area contributed by atoms with E-state index in [2.05, 4.69) is 25.8 Å². The van der Waals surface area contributed by atoms with Gasteiger partial charge < -0.3 is 14.8 Å². The third kappa shape index (κ3) is 3.61. The number of anilines is 2. The summed E-state index contributed by atoms with van der Waals surface area (Å²) in [4.78, 5) is 15.6. The fraction of sp³-hybridized carbons (Fsp3) is 0.250. The van der Waals surface area contributed by atoms with Crippen LogP contribution in [0, 0.1) is 0 Å². The second-order valence-electron chi connectivity index (χ2n) is 3.71. The van der Waals surface area contributed by atoms with Gasteiger partial charge in [-0.3, -0.25) is 5.32 Å². The molecule has 8 heteroatoms.